The van der Waals surface area contributed by atoms with E-state index < -0.39 is 0 Å². The highest BCUT2D eigenvalue weighted by Gasteiger charge is 2.22. The van der Waals surface area contributed by atoms with Gasteiger partial charge in [-0.25, -0.2) is 0 Å². The fourth-order valence-corrected chi connectivity index (χ4v) is 5.52. The average molecular weight is 459 g/mol. The molecule has 0 aromatic heterocycles. The van der Waals surface area contributed by atoms with Crippen LogP contribution >= 0.6 is 15.9 Å². The smallest absolute Gasteiger partial charge is 0.0229 e. The van der Waals surface area contributed by atoms with Gasteiger partial charge in [0.25, 0.3) is 0 Å². The van der Waals surface area contributed by atoms with Gasteiger partial charge in [-0.2, -0.15) is 0 Å². The Balaban J connectivity index is 2.55. The van der Waals surface area contributed by atoms with Gasteiger partial charge in [-0.05, 0) is 57.9 Å². The molecule has 28 heavy (non-hydrogen) atoms. The van der Waals surface area contributed by atoms with E-state index >= 15 is 0 Å². The van der Waals surface area contributed by atoms with E-state index in [0.29, 0.717) is 4.32 Å². The Bertz CT molecular complexity index is 341. The van der Waals surface area contributed by atoms with E-state index in [1.807, 2.05) is 0 Å². The molecule has 0 amide bonds. The third-order valence-electron chi connectivity index (χ3n) is 6.92. The van der Waals surface area contributed by atoms with E-state index in [0.717, 1.165) is 12.0 Å². The zero-order valence-electron chi connectivity index (χ0n) is 19.7. The molecule has 3 unspecified atom stereocenters. The Morgan fingerprint density at radius 1 is 0.786 bits per heavy atom. The van der Waals surface area contributed by atoms with Gasteiger partial charge in [0.05, 0.1) is 0 Å². The zero-order chi connectivity index (χ0) is 20.5. The molecule has 168 valence electrons. The summed E-state index contributed by atoms with van der Waals surface area (Å²) in [6, 6.07) is 0.777. The number of nitrogens with one attached hydrogen (secondary N) is 1. The Morgan fingerprint density at radius 2 is 1.36 bits per heavy atom. The van der Waals surface area contributed by atoms with Gasteiger partial charge in [-0.3, -0.25) is 0 Å². The van der Waals surface area contributed by atoms with Crippen LogP contribution in [0.5, 0.6) is 0 Å². The van der Waals surface area contributed by atoms with Crippen molar-refractivity contribution < 1.29 is 0 Å². The van der Waals surface area contributed by atoms with Gasteiger partial charge in [0, 0.05) is 10.4 Å². The van der Waals surface area contributed by atoms with Crippen LogP contribution in [0.3, 0.4) is 0 Å². The quantitative estimate of drug-likeness (QED) is 0.240. The minimum Gasteiger partial charge on any atom is -0.314 e. The van der Waals surface area contributed by atoms with Crippen LogP contribution in [0.4, 0.5) is 0 Å². The van der Waals surface area contributed by atoms with Crippen molar-refractivity contribution in [1.82, 2.24) is 5.32 Å². The molecule has 1 fully saturated rings. The van der Waals surface area contributed by atoms with E-state index in [9.17, 15) is 0 Å². The van der Waals surface area contributed by atoms with Crippen LogP contribution in [0.15, 0.2) is 0 Å². The van der Waals surface area contributed by atoms with E-state index in [1.165, 1.54) is 129 Å². The van der Waals surface area contributed by atoms with Gasteiger partial charge >= 0.3 is 0 Å². The Morgan fingerprint density at radius 3 is 2.04 bits per heavy atom. The van der Waals surface area contributed by atoms with Crippen LogP contribution in [-0.2, 0) is 0 Å². The molecular weight excluding hydrogens is 406 g/mol. The van der Waals surface area contributed by atoms with E-state index in [2.05, 4.69) is 42.0 Å². The van der Waals surface area contributed by atoms with Crippen molar-refractivity contribution in [2.45, 2.75) is 153 Å². The van der Waals surface area contributed by atoms with Gasteiger partial charge in [0.15, 0.2) is 0 Å². The lowest BCUT2D eigenvalue weighted by Crippen LogP contribution is -2.37. The fourth-order valence-electron chi connectivity index (χ4n) is 4.96. The molecule has 1 saturated heterocycles. The first-order chi connectivity index (χ1) is 13.6. The lowest BCUT2D eigenvalue weighted by atomic mass is 9.85. The summed E-state index contributed by atoms with van der Waals surface area (Å²) in [5.41, 5.74) is 0. The third-order valence-corrected chi connectivity index (χ3v) is 7.71. The molecule has 2 heteroatoms. The molecule has 0 spiro atoms. The standard InChI is InChI=1S/C26H52BrN/c1-4-6-8-9-13-19-24(18-12-7-5-2)25-20-14-10-15-21-26(3,27)22-16-11-17-23-28-25/h24-25,28H,4-23H2,1-3H3. The van der Waals surface area contributed by atoms with Crippen LogP contribution < -0.4 is 5.32 Å². The summed E-state index contributed by atoms with van der Waals surface area (Å²) in [5, 5.41) is 4.05. The summed E-state index contributed by atoms with van der Waals surface area (Å²) in [7, 11) is 0. The summed E-state index contributed by atoms with van der Waals surface area (Å²) < 4.78 is 0.384. The normalized spacial score (nSPS) is 26.8. The van der Waals surface area contributed by atoms with Crippen molar-refractivity contribution in [3.63, 3.8) is 0 Å². The second-order valence-electron chi connectivity index (χ2n) is 9.84. The molecule has 1 nitrogen and oxygen atoms in total. The van der Waals surface area contributed by atoms with Crippen molar-refractivity contribution >= 4 is 15.9 Å². The van der Waals surface area contributed by atoms with Crippen molar-refractivity contribution in [3.05, 3.63) is 0 Å². The third kappa shape index (κ3) is 13.6. The maximum absolute atomic E-state index is 4.05. The molecule has 0 saturated carbocycles. The van der Waals surface area contributed by atoms with Crippen LogP contribution in [-0.4, -0.2) is 16.9 Å². The summed E-state index contributed by atoms with van der Waals surface area (Å²) in [6.45, 7) is 8.32. The first-order valence-electron chi connectivity index (χ1n) is 13.0. The van der Waals surface area contributed by atoms with Crippen LogP contribution in [0.1, 0.15) is 143 Å². The molecule has 0 radical (unpaired) electrons. The van der Waals surface area contributed by atoms with Crippen LogP contribution in [0.25, 0.3) is 0 Å². The maximum Gasteiger partial charge on any atom is 0.0229 e. The molecular formula is C26H52BrN. The number of hydrogen-bond donors (Lipinski definition) is 1. The molecule has 1 aliphatic rings. The molecule has 0 aromatic rings. The Hall–Kier alpha value is 0.440. The molecule has 0 bridgehead atoms. The van der Waals surface area contributed by atoms with Gasteiger partial charge in [-0.15, -0.1) is 0 Å². The average Bonchev–Trinajstić information content (AvgIpc) is 2.68. The summed E-state index contributed by atoms with van der Waals surface area (Å²) in [6.07, 6.45) is 26.7. The number of rotatable bonds is 11. The SMILES string of the molecule is CCCCCCCC(CCCCC)C1CCCCCC(C)(Br)CCCCCN1. The number of unbranched alkanes of at least 4 members (excludes halogenated alkanes) is 6. The van der Waals surface area contributed by atoms with Crippen molar-refractivity contribution in [2.24, 2.45) is 5.92 Å². The second kappa shape index (κ2) is 17.2. The zero-order valence-corrected chi connectivity index (χ0v) is 21.3. The molecule has 1 N–H and O–H groups in total. The van der Waals surface area contributed by atoms with Crippen molar-refractivity contribution in [3.8, 4) is 0 Å². The van der Waals surface area contributed by atoms with Gasteiger partial charge < -0.3 is 5.32 Å². The van der Waals surface area contributed by atoms with Crippen molar-refractivity contribution in [2.75, 3.05) is 6.54 Å². The van der Waals surface area contributed by atoms with E-state index in [-0.39, 0.29) is 0 Å². The number of alkyl halides is 1. The largest absolute Gasteiger partial charge is 0.314 e. The maximum atomic E-state index is 4.05. The first-order valence-corrected chi connectivity index (χ1v) is 13.8. The first kappa shape index (κ1) is 26.5. The lowest BCUT2D eigenvalue weighted by molar-refractivity contribution is 0.278. The highest BCUT2D eigenvalue weighted by molar-refractivity contribution is 9.10. The van der Waals surface area contributed by atoms with Gasteiger partial charge in [0.2, 0.25) is 0 Å². The summed E-state index contributed by atoms with van der Waals surface area (Å²) in [5.74, 6) is 0.916. The minimum atomic E-state index is 0.384. The highest BCUT2D eigenvalue weighted by atomic mass is 79.9. The molecule has 0 aliphatic carbocycles. The summed E-state index contributed by atoms with van der Waals surface area (Å²) in [4.78, 5) is 0. The Kier molecular flexibility index (Phi) is 16.2. The molecule has 3 atom stereocenters. The molecule has 1 aliphatic heterocycles. The molecule has 1 heterocycles. The van der Waals surface area contributed by atoms with Gasteiger partial charge in [0.1, 0.15) is 0 Å². The molecule has 1 rings (SSSR count). The minimum absolute atomic E-state index is 0.384. The molecule has 0 aromatic carbocycles. The summed E-state index contributed by atoms with van der Waals surface area (Å²) >= 11 is 4.00. The predicted molar refractivity (Wildman–Crippen MR) is 132 cm³/mol. The van der Waals surface area contributed by atoms with E-state index in [1.54, 1.807) is 0 Å². The highest BCUT2D eigenvalue weighted by Crippen LogP contribution is 2.32. The Labute approximate surface area is 186 Å². The monoisotopic (exact) mass is 457 g/mol. The van der Waals surface area contributed by atoms with Crippen LogP contribution in [0, 0.1) is 5.92 Å². The van der Waals surface area contributed by atoms with Crippen LogP contribution in [0.2, 0.25) is 0 Å². The lowest BCUT2D eigenvalue weighted by Gasteiger charge is -2.29. The number of hydrogen-bond acceptors (Lipinski definition) is 1. The fraction of sp³-hybridized carbons (Fsp3) is 1.00. The topological polar surface area (TPSA) is 12.0 Å². The second-order valence-corrected chi connectivity index (χ2v) is 11.8. The van der Waals surface area contributed by atoms with E-state index in [4.69, 9.17) is 0 Å². The van der Waals surface area contributed by atoms with Crippen molar-refractivity contribution in [1.29, 1.82) is 0 Å². The number of halogens is 1. The van der Waals surface area contributed by atoms with Gasteiger partial charge in [-0.1, -0.05) is 113 Å². The predicted octanol–water partition coefficient (Wildman–Crippen LogP) is 9.18.